The summed E-state index contributed by atoms with van der Waals surface area (Å²) in [5.41, 5.74) is 2.40. The first-order valence-electron chi connectivity index (χ1n) is 9.03. The van der Waals surface area contributed by atoms with E-state index in [0.717, 1.165) is 62.9 Å². The molecule has 7 nitrogen and oxygen atoms in total. The number of nitrogens with zero attached hydrogens (tertiary/aromatic N) is 5. The summed E-state index contributed by atoms with van der Waals surface area (Å²) in [5.74, 6) is 1.09. The third-order valence-electron chi connectivity index (χ3n) is 5.50. The first kappa shape index (κ1) is 18.1. The minimum Gasteiger partial charge on any atom is -0.480 e. The van der Waals surface area contributed by atoms with Crippen LogP contribution in [0, 0.1) is 6.92 Å². The van der Waals surface area contributed by atoms with Crippen molar-refractivity contribution in [2.24, 2.45) is 0 Å². The van der Waals surface area contributed by atoms with Crippen molar-refractivity contribution in [3.05, 3.63) is 17.1 Å². The molecule has 0 amide bonds. The molecule has 1 saturated heterocycles. The fraction of sp³-hybridized carbons (Fsp3) is 0.722. The van der Waals surface area contributed by atoms with Crippen LogP contribution < -0.4 is 4.90 Å². The van der Waals surface area contributed by atoms with Crippen molar-refractivity contribution in [2.75, 3.05) is 51.2 Å². The molecule has 0 atom stereocenters. The van der Waals surface area contributed by atoms with Crippen molar-refractivity contribution in [3.63, 3.8) is 0 Å². The average molecular weight is 347 g/mol. The van der Waals surface area contributed by atoms with E-state index in [1.807, 2.05) is 11.8 Å². The molecule has 0 radical (unpaired) electrons. The van der Waals surface area contributed by atoms with E-state index in [9.17, 15) is 4.79 Å². The number of fused-ring (bicyclic) bond motifs is 1. The monoisotopic (exact) mass is 347 g/mol. The predicted octanol–water partition coefficient (Wildman–Crippen LogP) is 0.801. The predicted molar refractivity (Wildman–Crippen MR) is 97.2 cm³/mol. The van der Waals surface area contributed by atoms with Gasteiger partial charge in [-0.1, -0.05) is 0 Å². The maximum atomic E-state index is 11.0. The number of aromatic nitrogens is 2. The van der Waals surface area contributed by atoms with E-state index in [2.05, 4.69) is 35.7 Å². The lowest BCUT2D eigenvalue weighted by molar-refractivity contribution is -0.138. The molecule has 2 aliphatic rings. The Morgan fingerprint density at radius 1 is 1.16 bits per heavy atom. The molecule has 0 unspecified atom stereocenters. The number of carboxylic acid groups (broad SMARTS) is 1. The second-order valence-electron chi connectivity index (χ2n) is 7.85. The van der Waals surface area contributed by atoms with Crippen LogP contribution >= 0.6 is 0 Å². The van der Waals surface area contributed by atoms with Crippen LogP contribution in [-0.4, -0.2) is 82.7 Å². The summed E-state index contributed by atoms with van der Waals surface area (Å²) in [5, 5.41) is 9.08. The van der Waals surface area contributed by atoms with E-state index in [1.54, 1.807) is 0 Å². The van der Waals surface area contributed by atoms with Gasteiger partial charge in [-0.2, -0.15) is 0 Å². The fourth-order valence-electron chi connectivity index (χ4n) is 3.78. The molecule has 1 fully saturated rings. The molecule has 1 N–H and O–H groups in total. The van der Waals surface area contributed by atoms with Crippen molar-refractivity contribution in [3.8, 4) is 0 Å². The van der Waals surface area contributed by atoms with Gasteiger partial charge in [-0.25, -0.2) is 9.97 Å². The summed E-state index contributed by atoms with van der Waals surface area (Å²) >= 11 is 0. The highest BCUT2D eigenvalue weighted by Gasteiger charge is 2.33. The fourth-order valence-corrected chi connectivity index (χ4v) is 3.78. The Labute approximate surface area is 149 Å². The van der Waals surface area contributed by atoms with Crippen LogP contribution in [0.2, 0.25) is 0 Å². The Bertz CT molecular complexity index is 661. The number of rotatable bonds is 3. The normalized spacial score (nSPS) is 21.7. The van der Waals surface area contributed by atoms with Gasteiger partial charge in [0.05, 0.1) is 12.2 Å². The molecule has 0 spiro atoms. The third-order valence-corrected chi connectivity index (χ3v) is 5.50. The molecule has 1 aromatic rings. The molecule has 3 rings (SSSR count). The van der Waals surface area contributed by atoms with Gasteiger partial charge in [-0.05, 0) is 34.2 Å². The molecular weight excluding hydrogens is 318 g/mol. The quantitative estimate of drug-likeness (QED) is 0.867. The van der Waals surface area contributed by atoms with Crippen LogP contribution in [0.15, 0.2) is 0 Å². The van der Waals surface area contributed by atoms with E-state index >= 15 is 0 Å². The summed E-state index contributed by atoms with van der Waals surface area (Å²) in [6.07, 6.45) is 1.60. The summed E-state index contributed by atoms with van der Waals surface area (Å²) in [4.78, 5) is 27.3. The third kappa shape index (κ3) is 3.93. The summed E-state index contributed by atoms with van der Waals surface area (Å²) in [6, 6.07) is 0. The van der Waals surface area contributed by atoms with E-state index in [0.29, 0.717) is 0 Å². The van der Waals surface area contributed by atoms with Crippen molar-refractivity contribution in [2.45, 2.75) is 39.2 Å². The Morgan fingerprint density at radius 3 is 2.56 bits per heavy atom. The van der Waals surface area contributed by atoms with Gasteiger partial charge in [0, 0.05) is 50.2 Å². The van der Waals surface area contributed by atoms with Crippen molar-refractivity contribution in [1.82, 2.24) is 19.8 Å². The number of likely N-dealkylation sites (N-methyl/N-ethyl adjacent to an activating group) is 1. The molecule has 0 aromatic carbocycles. The molecule has 25 heavy (non-hydrogen) atoms. The zero-order chi connectivity index (χ0) is 18.2. The number of hydrogen-bond donors (Lipinski definition) is 1. The van der Waals surface area contributed by atoms with Crippen LogP contribution in [0.4, 0.5) is 5.82 Å². The zero-order valence-corrected chi connectivity index (χ0v) is 15.7. The number of piperazine rings is 1. The highest BCUT2D eigenvalue weighted by Crippen LogP contribution is 2.29. The van der Waals surface area contributed by atoms with Crippen LogP contribution in [0.1, 0.15) is 30.9 Å². The smallest absolute Gasteiger partial charge is 0.317 e. The zero-order valence-electron chi connectivity index (χ0n) is 15.7. The molecule has 138 valence electrons. The molecule has 7 heteroatoms. The van der Waals surface area contributed by atoms with Gasteiger partial charge in [-0.3, -0.25) is 14.6 Å². The van der Waals surface area contributed by atoms with E-state index < -0.39 is 5.97 Å². The molecule has 2 aliphatic heterocycles. The Balaban J connectivity index is 1.88. The van der Waals surface area contributed by atoms with Crippen LogP contribution in [0.25, 0.3) is 0 Å². The summed E-state index contributed by atoms with van der Waals surface area (Å²) < 4.78 is 0. The Hall–Kier alpha value is -1.73. The number of hydrogen-bond acceptors (Lipinski definition) is 6. The summed E-state index contributed by atoms with van der Waals surface area (Å²) in [6.45, 7) is 11.0. The molecule has 0 saturated carbocycles. The SMILES string of the molecule is Cc1nc2c(c(N3CCN(C)C(C)(C)C3)n1)CCN(CC(=O)O)CC2. The van der Waals surface area contributed by atoms with Gasteiger partial charge < -0.3 is 10.0 Å². The second-order valence-corrected chi connectivity index (χ2v) is 7.85. The topological polar surface area (TPSA) is 72.8 Å². The Kier molecular flexibility index (Phi) is 4.97. The van der Waals surface area contributed by atoms with Gasteiger partial charge >= 0.3 is 5.97 Å². The van der Waals surface area contributed by atoms with Crippen LogP contribution in [0.5, 0.6) is 0 Å². The van der Waals surface area contributed by atoms with Crippen LogP contribution in [0.3, 0.4) is 0 Å². The number of carboxylic acids is 1. The van der Waals surface area contributed by atoms with Gasteiger partial charge in [0.15, 0.2) is 0 Å². The number of carbonyl (C=O) groups is 1. The summed E-state index contributed by atoms with van der Waals surface area (Å²) in [7, 11) is 2.17. The first-order valence-corrected chi connectivity index (χ1v) is 9.03. The molecule has 1 aromatic heterocycles. The number of anilines is 1. The minimum atomic E-state index is -0.769. The molecular formula is C18H29N5O2. The maximum Gasteiger partial charge on any atom is 0.317 e. The van der Waals surface area contributed by atoms with Crippen molar-refractivity contribution < 1.29 is 9.90 Å². The maximum absolute atomic E-state index is 11.0. The van der Waals surface area contributed by atoms with Crippen molar-refractivity contribution >= 4 is 11.8 Å². The van der Waals surface area contributed by atoms with E-state index in [4.69, 9.17) is 10.1 Å². The van der Waals surface area contributed by atoms with Gasteiger partial charge in [0.25, 0.3) is 0 Å². The van der Waals surface area contributed by atoms with Crippen molar-refractivity contribution in [1.29, 1.82) is 0 Å². The van der Waals surface area contributed by atoms with E-state index in [-0.39, 0.29) is 12.1 Å². The highest BCUT2D eigenvalue weighted by molar-refractivity contribution is 5.69. The Morgan fingerprint density at radius 2 is 1.88 bits per heavy atom. The first-order chi connectivity index (χ1) is 11.8. The second kappa shape index (κ2) is 6.88. The average Bonchev–Trinajstić information content (AvgIpc) is 2.71. The number of aliphatic carboxylic acids is 1. The van der Waals surface area contributed by atoms with Gasteiger partial charge in [-0.15, -0.1) is 0 Å². The van der Waals surface area contributed by atoms with E-state index in [1.165, 1.54) is 5.56 Å². The lowest BCUT2D eigenvalue weighted by Gasteiger charge is -2.46. The molecule has 0 bridgehead atoms. The molecule has 3 heterocycles. The minimum absolute atomic E-state index is 0.0945. The van der Waals surface area contributed by atoms with Gasteiger partial charge in [0.1, 0.15) is 11.6 Å². The lowest BCUT2D eigenvalue weighted by Crippen LogP contribution is -2.58. The lowest BCUT2D eigenvalue weighted by atomic mass is 9.98. The number of aryl methyl sites for hydroxylation is 1. The standard InChI is InChI=1S/C18H29N5O2/c1-13-19-15-6-8-22(11-16(24)25)7-5-14(15)17(20-13)23-10-9-21(4)18(2,3)12-23/h5-12H2,1-4H3,(H,24,25). The van der Waals surface area contributed by atoms with Gasteiger partial charge in [0.2, 0.25) is 0 Å². The largest absolute Gasteiger partial charge is 0.480 e. The van der Waals surface area contributed by atoms with Crippen LogP contribution in [-0.2, 0) is 17.6 Å². The molecule has 0 aliphatic carbocycles. The highest BCUT2D eigenvalue weighted by atomic mass is 16.4.